The first-order chi connectivity index (χ1) is 3.77. The van der Waals surface area contributed by atoms with Crippen molar-refractivity contribution in [2.45, 2.75) is 6.42 Å². The van der Waals surface area contributed by atoms with Gasteiger partial charge in [0.1, 0.15) is 0 Å². The average Bonchev–Trinajstić information content (AvgIpc) is 1.66. The quantitative estimate of drug-likeness (QED) is 0.508. The molecule has 0 radical (unpaired) electrons. The molecule has 3 heteroatoms. The standard InChI is InChI=1S/C5H9NO2/c6-4-2-1-3-5(7)8/h1-2H,3-4,6H2,(H,7,8)/b2-1-. The third-order valence-electron chi connectivity index (χ3n) is 0.595. The topological polar surface area (TPSA) is 63.3 Å². The van der Waals surface area contributed by atoms with Crippen LogP contribution in [-0.4, -0.2) is 17.6 Å². The average molecular weight is 115 g/mol. The van der Waals surface area contributed by atoms with Gasteiger partial charge in [-0.2, -0.15) is 0 Å². The Bertz CT molecular complexity index is 98.6. The maximum Gasteiger partial charge on any atom is 0.307 e. The molecular weight excluding hydrogens is 106 g/mol. The lowest BCUT2D eigenvalue weighted by molar-refractivity contribution is -0.136. The van der Waals surface area contributed by atoms with Crippen LogP contribution in [0, 0.1) is 0 Å². The molecule has 3 nitrogen and oxygen atoms in total. The van der Waals surface area contributed by atoms with Crippen LogP contribution in [0.5, 0.6) is 0 Å². The molecule has 0 atom stereocenters. The van der Waals surface area contributed by atoms with Crippen molar-refractivity contribution in [3.63, 3.8) is 0 Å². The number of carboxylic acids is 1. The summed E-state index contributed by atoms with van der Waals surface area (Å²) in [6.07, 6.45) is 3.22. The lowest BCUT2D eigenvalue weighted by Crippen LogP contribution is -1.94. The number of aliphatic carboxylic acids is 1. The minimum Gasteiger partial charge on any atom is -0.481 e. The number of carboxylic acid groups (broad SMARTS) is 1. The number of hydrogen-bond donors (Lipinski definition) is 2. The molecule has 8 heavy (non-hydrogen) atoms. The Hall–Kier alpha value is -0.830. The van der Waals surface area contributed by atoms with Gasteiger partial charge in [0.15, 0.2) is 0 Å². The largest absolute Gasteiger partial charge is 0.481 e. The molecule has 0 saturated carbocycles. The highest BCUT2D eigenvalue weighted by Gasteiger charge is 1.86. The Labute approximate surface area is 47.8 Å². The van der Waals surface area contributed by atoms with Crippen LogP contribution in [0.4, 0.5) is 0 Å². The summed E-state index contributed by atoms with van der Waals surface area (Å²) in [5.41, 5.74) is 5.03. The number of carbonyl (C=O) groups is 1. The molecule has 0 unspecified atom stereocenters. The van der Waals surface area contributed by atoms with Gasteiger partial charge in [0.2, 0.25) is 0 Å². The van der Waals surface area contributed by atoms with Gasteiger partial charge in [-0.15, -0.1) is 0 Å². The molecule has 3 N–H and O–H groups in total. The third-order valence-corrected chi connectivity index (χ3v) is 0.595. The van der Waals surface area contributed by atoms with Gasteiger partial charge in [0, 0.05) is 6.54 Å². The maximum atomic E-state index is 9.78. The maximum absolute atomic E-state index is 9.78. The zero-order chi connectivity index (χ0) is 6.41. The Morgan fingerprint density at radius 3 is 2.62 bits per heavy atom. The van der Waals surface area contributed by atoms with Crippen LogP contribution >= 0.6 is 0 Å². The third kappa shape index (κ3) is 5.17. The molecule has 0 aliphatic rings. The van der Waals surface area contributed by atoms with E-state index >= 15 is 0 Å². The van der Waals surface area contributed by atoms with Crippen LogP contribution in [0.2, 0.25) is 0 Å². The van der Waals surface area contributed by atoms with E-state index in [1.165, 1.54) is 6.08 Å². The summed E-state index contributed by atoms with van der Waals surface area (Å²) < 4.78 is 0. The van der Waals surface area contributed by atoms with E-state index in [1.54, 1.807) is 6.08 Å². The van der Waals surface area contributed by atoms with Crippen LogP contribution in [0.15, 0.2) is 12.2 Å². The number of rotatable bonds is 3. The summed E-state index contributed by atoms with van der Waals surface area (Å²) in [4.78, 5) is 9.78. The van der Waals surface area contributed by atoms with Crippen molar-refractivity contribution < 1.29 is 9.90 Å². The Balaban J connectivity index is 3.16. The predicted molar refractivity (Wildman–Crippen MR) is 30.4 cm³/mol. The van der Waals surface area contributed by atoms with Gasteiger partial charge in [0.25, 0.3) is 0 Å². The lowest BCUT2D eigenvalue weighted by Gasteiger charge is -1.80. The molecule has 0 saturated heterocycles. The SMILES string of the molecule is NC/C=C\CC(=O)O. The molecule has 0 rings (SSSR count). The summed E-state index contributed by atoms with van der Waals surface area (Å²) in [5.74, 6) is -0.824. The lowest BCUT2D eigenvalue weighted by atomic mass is 10.4. The van der Waals surface area contributed by atoms with Crippen molar-refractivity contribution in [2.75, 3.05) is 6.54 Å². The summed E-state index contributed by atoms with van der Waals surface area (Å²) in [7, 11) is 0. The molecule has 0 aromatic rings. The smallest absolute Gasteiger partial charge is 0.307 e. The molecule has 0 aromatic carbocycles. The van der Waals surface area contributed by atoms with E-state index in [0.29, 0.717) is 6.54 Å². The summed E-state index contributed by atoms with van der Waals surface area (Å²) in [6, 6.07) is 0. The minimum absolute atomic E-state index is 0.0667. The molecule has 0 spiro atoms. The van der Waals surface area contributed by atoms with Crippen LogP contribution in [-0.2, 0) is 4.79 Å². The molecule has 0 fully saturated rings. The first-order valence-electron chi connectivity index (χ1n) is 2.34. The molecular formula is C5H9NO2. The van der Waals surface area contributed by atoms with E-state index in [4.69, 9.17) is 10.8 Å². The second kappa shape index (κ2) is 4.33. The molecule has 46 valence electrons. The second-order valence-corrected chi connectivity index (χ2v) is 1.30. The van der Waals surface area contributed by atoms with Gasteiger partial charge >= 0.3 is 5.97 Å². The summed E-state index contributed by atoms with van der Waals surface area (Å²) in [5, 5.41) is 8.05. The molecule has 0 heterocycles. The van der Waals surface area contributed by atoms with Crippen molar-refractivity contribution in [3.05, 3.63) is 12.2 Å². The fraction of sp³-hybridized carbons (Fsp3) is 0.400. The van der Waals surface area contributed by atoms with Crippen molar-refractivity contribution in [1.29, 1.82) is 0 Å². The van der Waals surface area contributed by atoms with E-state index in [0.717, 1.165) is 0 Å². The predicted octanol–water partition coefficient (Wildman–Crippen LogP) is -0.0240. The van der Waals surface area contributed by atoms with Gasteiger partial charge in [-0.3, -0.25) is 4.79 Å². The molecule has 0 aliphatic heterocycles. The number of hydrogen-bond acceptors (Lipinski definition) is 2. The van der Waals surface area contributed by atoms with Crippen LogP contribution in [0.1, 0.15) is 6.42 Å². The van der Waals surface area contributed by atoms with E-state index in [2.05, 4.69) is 0 Å². The molecule has 0 aliphatic carbocycles. The Morgan fingerprint density at radius 1 is 1.62 bits per heavy atom. The van der Waals surface area contributed by atoms with Crippen molar-refractivity contribution >= 4 is 5.97 Å². The molecule has 0 bridgehead atoms. The number of nitrogens with two attached hydrogens (primary N) is 1. The normalized spacial score (nSPS) is 10.1. The molecule has 0 aromatic heterocycles. The Morgan fingerprint density at radius 2 is 2.25 bits per heavy atom. The van der Waals surface area contributed by atoms with Gasteiger partial charge < -0.3 is 10.8 Å². The van der Waals surface area contributed by atoms with E-state index in [9.17, 15) is 4.79 Å². The zero-order valence-corrected chi connectivity index (χ0v) is 4.50. The molecule has 0 amide bonds. The van der Waals surface area contributed by atoms with Crippen molar-refractivity contribution in [3.8, 4) is 0 Å². The van der Waals surface area contributed by atoms with E-state index in [-0.39, 0.29) is 6.42 Å². The zero-order valence-electron chi connectivity index (χ0n) is 4.50. The summed E-state index contributed by atoms with van der Waals surface area (Å²) in [6.45, 7) is 0.410. The second-order valence-electron chi connectivity index (χ2n) is 1.30. The van der Waals surface area contributed by atoms with Crippen LogP contribution in [0.3, 0.4) is 0 Å². The first kappa shape index (κ1) is 7.17. The fourth-order valence-corrected chi connectivity index (χ4v) is 0.280. The summed E-state index contributed by atoms with van der Waals surface area (Å²) >= 11 is 0. The monoisotopic (exact) mass is 115 g/mol. The first-order valence-corrected chi connectivity index (χ1v) is 2.34. The van der Waals surface area contributed by atoms with Crippen LogP contribution < -0.4 is 5.73 Å². The van der Waals surface area contributed by atoms with Gasteiger partial charge in [0.05, 0.1) is 6.42 Å². The Kier molecular flexibility index (Phi) is 3.88. The highest BCUT2D eigenvalue weighted by Crippen LogP contribution is 1.79. The van der Waals surface area contributed by atoms with Crippen LogP contribution in [0.25, 0.3) is 0 Å². The highest BCUT2D eigenvalue weighted by atomic mass is 16.4. The van der Waals surface area contributed by atoms with E-state index in [1.807, 2.05) is 0 Å². The van der Waals surface area contributed by atoms with Crippen molar-refractivity contribution in [2.24, 2.45) is 5.73 Å². The van der Waals surface area contributed by atoms with Gasteiger partial charge in [-0.25, -0.2) is 0 Å². The van der Waals surface area contributed by atoms with Gasteiger partial charge in [-0.05, 0) is 0 Å². The van der Waals surface area contributed by atoms with Gasteiger partial charge in [-0.1, -0.05) is 12.2 Å². The van der Waals surface area contributed by atoms with Crippen molar-refractivity contribution in [1.82, 2.24) is 0 Å². The minimum atomic E-state index is -0.824. The van der Waals surface area contributed by atoms with E-state index < -0.39 is 5.97 Å². The fourth-order valence-electron chi connectivity index (χ4n) is 0.280. The highest BCUT2D eigenvalue weighted by molar-refractivity contribution is 5.68.